The zero-order chi connectivity index (χ0) is 62.3. The second-order valence-electron chi connectivity index (χ2n) is 26.4. The largest absolute Gasteiger partial charge is 0.493 e. The molecule has 90 heavy (non-hydrogen) atoms. The summed E-state index contributed by atoms with van der Waals surface area (Å²) < 4.78 is 17.9. The Bertz CT molecular complexity index is 3000. The van der Waals surface area contributed by atoms with Crippen LogP contribution in [0.5, 0.6) is 17.2 Å². The van der Waals surface area contributed by atoms with Gasteiger partial charge in [0.25, 0.3) is 0 Å². The molecule has 0 spiro atoms. The van der Waals surface area contributed by atoms with Crippen LogP contribution in [0.25, 0.3) is 0 Å². The topological polar surface area (TPSA) is 229 Å². The number of nitrogens with two attached hydrogens (primary N) is 1. The molecular formula is C69H96N10O9S2. The summed E-state index contributed by atoms with van der Waals surface area (Å²) in [6.07, 6.45) is 21.6. The van der Waals surface area contributed by atoms with Gasteiger partial charge in [-0.1, -0.05) is 120 Å². The molecule has 6 amide bonds. The number of fused-ring (bicyclic) bond motifs is 1. The van der Waals surface area contributed by atoms with E-state index >= 15 is 9.59 Å². The number of nitrogens with one attached hydrogen (secondary N) is 5. The van der Waals surface area contributed by atoms with Crippen molar-refractivity contribution in [3.63, 3.8) is 0 Å². The predicted molar refractivity (Wildman–Crippen MR) is 349 cm³/mol. The van der Waals surface area contributed by atoms with Crippen LogP contribution in [0.3, 0.4) is 0 Å². The number of hydrogen-bond donors (Lipinski definition) is 6. The second kappa shape index (κ2) is 32.0. The molecule has 11 rings (SSSR count). The SMILES string of the molecule is COc1cc(CN)ccc1OC(=O)N1CCN(C(=O)[C@@H](CC2CCCCC2)NC2CCCC(C3NCCc4c(OC(=O)N5CCN(C(=O)[C@@H](CC6CCCCC6)NC6CCCCC6)[C@H](C(=O)NCc6cccs6)C5)cccc43)C2)[C@H](C(=O)NCc2cccs2)C1. The van der Waals surface area contributed by atoms with Crippen LogP contribution in [0.4, 0.5) is 9.59 Å². The summed E-state index contributed by atoms with van der Waals surface area (Å²) in [4.78, 5) is 96.4. The van der Waals surface area contributed by atoms with Crippen LogP contribution >= 0.6 is 22.7 Å². The van der Waals surface area contributed by atoms with E-state index in [0.717, 1.165) is 123 Å². The summed E-state index contributed by atoms with van der Waals surface area (Å²) in [6.45, 7) is 2.41. The maximum Gasteiger partial charge on any atom is 0.415 e. The first kappa shape index (κ1) is 65.4. The van der Waals surface area contributed by atoms with Gasteiger partial charge < -0.3 is 66.1 Å². The lowest BCUT2D eigenvalue weighted by Gasteiger charge is -2.43. The van der Waals surface area contributed by atoms with Crippen molar-refractivity contribution in [1.29, 1.82) is 0 Å². The van der Waals surface area contributed by atoms with Crippen molar-refractivity contribution in [2.75, 3.05) is 52.9 Å². The molecule has 19 nitrogen and oxygen atoms in total. The third-order valence-corrected chi connectivity index (χ3v) is 22.2. The average Bonchev–Trinajstić information content (AvgIpc) is 1.29. The molecule has 4 saturated carbocycles. The van der Waals surface area contributed by atoms with Crippen LogP contribution in [0.2, 0.25) is 0 Å². The Kier molecular flexibility index (Phi) is 23.2. The number of nitrogens with zero attached hydrogens (tertiary/aromatic N) is 4. The Morgan fingerprint density at radius 1 is 0.600 bits per heavy atom. The van der Waals surface area contributed by atoms with Gasteiger partial charge in [-0.15, -0.1) is 22.7 Å². The van der Waals surface area contributed by atoms with Crippen LogP contribution in [0.1, 0.15) is 167 Å². The molecule has 2 aromatic carbocycles. The van der Waals surface area contributed by atoms with E-state index in [1.165, 1.54) is 44.1 Å². The summed E-state index contributed by atoms with van der Waals surface area (Å²) in [5.74, 6) is 1.38. The number of methoxy groups -OCH3 is 1. The molecule has 0 radical (unpaired) electrons. The molecule has 21 heteroatoms. The fourth-order valence-corrected chi connectivity index (χ4v) is 16.8. The predicted octanol–water partition coefficient (Wildman–Crippen LogP) is 9.57. The van der Waals surface area contributed by atoms with Gasteiger partial charge in [0.1, 0.15) is 17.8 Å². The molecule has 3 unspecified atom stereocenters. The number of ether oxygens (including phenoxy) is 3. The molecule has 6 fully saturated rings. The molecule has 7 aliphatic rings. The monoisotopic (exact) mass is 1270 g/mol. The van der Waals surface area contributed by atoms with E-state index < -0.39 is 30.3 Å². The normalized spacial score (nSPS) is 23.7. The van der Waals surface area contributed by atoms with E-state index in [1.54, 1.807) is 55.6 Å². The molecule has 2 saturated heterocycles. The van der Waals surface area contributed by atoms with Gasteiger partial charge >= 0.3 is 12.2 Å². The van der Waals surface area contributed by atoms with E-state index in [9.17, 15) is 19.2 Å². The highest BCUT2D eigenvalue weighted by Crippen LogP contribution is 2.41. The summed E-state index contributed by atoms with van der Waals surface area (Å²) in [7, 11) is 1.50. The lowest BCUT2D eigenvalue weighted by atomic mass is 9.76. The number of carbonyl (C=O) groups excluding carboxylic acids is 6. The smallest absolute Gasteiger partial charge is 0.415 e. The van der Waals surface area contributed by atoms with Gasteiger partial charge in [0, 0.05) is 66.2 Å². The molecule has 4 aliphatic carbocycles. The van der Waals surface area contributed by atoms with Gasteiger partial charge in [0.2, 0.25) is 23.6 Å². The summed E-state index contributed by atoms with van der Waals surface area (Å²) >= 11 is 3.11. The first-order valence-electron chi connectivity index (χ1n) is 33.9. The number of carbonyl (C=O) groups is 6. The zero-order valence-corrected chi connectivity index (χ0v) is 54.3. The van der Waals surface area contributed by atoms with Gasteiger partial charge in [-0.25, -0.2) is 9.59 Å². The minimum atomic E-state index is -0.959. The number of hydrogen-bond acceptors (Lipinski definition) is 15. The first-order valence-corrected chi connectivity index (χ1v) is 35.6. The van der Waals surface area contributed by atoms with Crippen molar-refractivity contribution in [1.82, 2.24) is 46.2 Å². The molecule has 3 aliphatic heterocycles. The van der Waals surface area contributed by atoms with Gasteiger partial charge in [0.05, 0.1) is 45.4 Å². The molecule has 2 aromatic heterocycles. The van der Waals surface area contributed by atoms with Crippen molar-refractivity contribution in [2.45, 2.75) is 203 Å². The van der Waals surface area contributed by atoms with Crippen LogP contribution < -0.4 is 46.5 Å². The molecule has 5 heterocycles. The Morgan fingerprint density at radius 2 is 1.14 bits per heavy atom. The Labute approximate surface area is 539 Å². The Balaban J connectivity index is 0.772. The second-order valence-corrected chi connectivity index (χ2v) is 28.5. The third-order valence-electron chi connectivity index (χ3n) is 20.4. The van der Waals surface area contributed by atoms with Gasteiger partial charge in [0.15, 0.2) is 11.5 Å². The van der Waals surface area contributed by atoms with Crippen LogP contribution in [0.15, 0.2) is 71.4 Å². The summed E-state index contributed by atoms with van der Waals surface area (Å²) in [6, 6.07) is 16.5. The number of rotatable bonds is 21. The van der Waals surface area contributed by atoms with Crippen molar-refractivity contribution in [3.8, 4) is 17.2 Å². The maximum atomic E-state index is 15.5. The molecule has 4 aromatic rings. The molecular weight excluding hydrogens is 1180 g/mol. The summed E-state index contributed by atoms with van der Waals surface area (Å²) in [5, 5.41) is 21.8. The number of piperazine rings is 2. The van der Waals surface area contributed by atoms with Gasteiger partial charge in [-0.2, -0.15) is 0 Å². The van der Waals surface area contributed by atoms with E-state index in [1.807, 2.05) is 47.2 Å². The highest BCUT2D eigenvalue weighted by atomic mass is 32.1. The molecule has 7 N–H and O–H groups in total. The summed E-state index contributed by atoms with van der Waals surface area (Å²) in [5.41, 5.74) is 8.79. The molecule has 0 bridgehead atoms. The third kappa shape index (κ3) is 16.7. The number of thiophene rings is 2. The van der Waals surface area contributed by atoms with E-state index in [2.05, 4.69) is 32.7 Å². The quantitative estimate of drug-likeness (QED) is 0.0457. The first-order chi connectivity index (χ1) is 44.0. The lowest BCUT2D eigenvalue weighted by Crippen LogP contribution is -2.65. The van der Waals surface area contributed by atoms with Crippen molar-refractivity contribution in [2.24, 2.45) is 23.5 Å². The van der Waals surface area contributed by atoms with E-state index in [4.69, 9.17) is 19.9 Å². The van der Waals surface area contributed by atoms with Crippen LogP contribution in [-0.2, 0) is 45.2 Å². The van der Waals surface area contributed by atoms with E-state index in [-0.39, 0.29) is 98.7 Å². The highest BCUT2D eigenvalue weighted by Gasteiger charge is 2.44. The van der Waals surface area contributed by atoms with Crippen molar-refractivity contribution in [3.05, 3.63) is 97.9 Å². The highest BCUT2D eigenvalue weighted by molar-refractivity contribution is 7.10. The maximum absolute atomic E-state index is 15.5. The minimum absolute atomic E-state index is 0.0177. The average molecular weight is 1270 g/mol. The van der Waals surface area contributed by atoms with Crippen molar-refractivity contribution < 1.29 is 43.0 Å². The fraction of sp³-hybridized carbons (Fsp3) is 0.623. The Hall–Kier alpha value is -6.10. The number of amides is 6. The van der Waals surface area contributed by atoms with Gasteiger partial charge in [-0.05, 0) is 128 Å². The zero-order valence-electron chi connectivity index (χ0n) is 52.7. The van der Waals surface area contributed by atoms with Crippen LogP contribution in [-0.4, -0.2) is 145 Å². The number of benzene rings is 2. The van der Waals surface area contributed by atoms with Crippen LogP contribution in [0, 0.1) is 17.8 Å². The molecule has 7 atom stereocenters. The fourth-order valence-electron chi connectivity index (χ4n) is 15.6. The van der Waals surface area contributed by atoms with Crippen molar-refractivity contribution >= 4 is 58.5 Å². The lowest BCUT2D eigenvalue weighted by molar-refractivity contribution is -0.145. The minimum Gasteiger partial charge on any atom is -0.493 e. The molecule has 488 valence electrons. The standard InChI is InChI=1S/C69H96N10O9S2/c1-86-62-39-48(41-70)27-28-61(62)88-69(85)77-32-34-79(59(45-77)65(81)73-43-53-24-14-36-90-53)67(83)57(38-47-17-7-3-8-18-47)75-51-22-11-19-49(40-51)63-55-25-12-26-60(54(55)29-30-71-63)87-68(84)76-31-33-78(58(44-76)64(80)72-42-52-23-13-35-89-52)66(82)56(37-46-15-5-2-6-16-46)74-50-20-9-4-10-21-50/h12-14,23-28,35-36,39,46-47,49-51,56-59,63,71,74-75H,2-11,15-22,29-34,37-38,40-45,70H2,1H3,(H,72,80)(H,73,81)/t49?,51?,56-,57-,58+,59+,63?/m1/s1. The van der Waals surface area contributed by atoms with E-state index in [0.29, 0.717) is 62.4 Å². The Morgan fingerprint density at radius 3 is 1.69 bits per heavy atom. The van der Waals surface area contributed by atoms with Gasteiger partial charge in [-0.3, -0.25) is 19.2 Å².